The summed E-state index contributed by atoms with van der Waals surface area (Å²) in [7, 11) is 0. The van der Waals surface area contributed by atoms with Crippen LogP contribution in [0.4, 0.5) is 0 Å². The van der Waals surface area contributed by atoms with E-state index in [4.69, 9.17) is 0 Å². The lowest BCUT2D eigenvalue weighted by molar-refractivity contribution is 0.0917. The number of nitrogens with one attached hydrogen (secondary N) is 1. The van der Waals surface area contributed by atoms with Crippen LogP contribution < -0.4 is 5.32 Å². The average molecular weight is 207 g/mol. The Morgan fingerprint density at radius 3 is 2.40 bits per heavy atom. The van der Waals surface area contributed by atoms with Crippen molar-refractivity contribution in [3.8, 4) is 5.75 Å². The number of amides is 1. The summed E-state index contributed by atoms with van der Waals surface area (Å²) >= 11 is 0. The molecule has 0 heterocycles. The van der Waals surface area contributed by atoms with Gasteiger partial charge in [-0.3, -0.25) is 4.79 Å². The molecule has 0 aliphatic rings. The number of hydrogen-bond donors (Lipinski definition) is 2. The minimum Gasteiger partial charge on any atom is -0.507 e. The van der Waals surface area contributed by atoms with Crippen LogP contribution in [0.25, 0.3) is 0 Å². The van der Waals surface area contributed by atoms with Crippen molar-refractivity contribution in [3.05, 3.63) is 29.3 Å². The van der Waals surface area contributed by atoms with Gasteiger partial charge in [-0.25, -0.2) is 0 Å². The van der Waals surface area contributed by atoms with Crippen LogP contribution in [0.2, 0.25) is 0 Å². The van der Waals surface area contributed by atoms with E-state index in [1.54, 1.807) is 18.2 Å². The molecule has 82 valence electrons. The van der Waals surface area contributed by atoms with Crippen molar-refractivity contribution < 1.29 is 9.90 Å². The Kier molecular flexibility index (Phi) is 3.03. The first-order chi connectivity index (χ1) is 6.79. The first-order valence-corrected chi connectivity index (χ1v) is 4.92. The smallest absolute Gasteiger partial charge is 0.255 e. The van der Waals surface area contributed by atoms with Crippen molar-refractivity contribution in [2.75, 3.05) is 0 Å². The molecule has 3 nitrogen and oxygen atoms in total. The molecule has 1 aromatic rings. The van der Waals surface area contributed by atoms with Crippen molar-refractivity contribution in [2.24, 2.45) is 0 Å². The predicted molar refractivity (Wildman–Crippen MR) is 60.1 cm³/mol. The Labute approximate surface area is 90.1 Å². The molecule has 0 unspecified atom stereocenters. The van der Waals surface area contributed by atoms with Gasteiger partial charge in [-0.2, -0.15) is 0 Å². The number of phenolic OH excluding ortho intramolecular Hbond substituents is 1. The lowest BCUT2D eigenvalue weighted by atomic mass is 10.1. The highest BCUT2D eigenvalue weighted by molar-refractivity contribution is 5.97. The van der Waals surface area contributed by atoms with Crippen LogP contribution in [0.15, 0.2) is 18.2 Å². The maximum absolute atomic E-state index is 11.7. The molecular formula is C12H17NO2. The van der Waals surface area contributed by atoms with E-state index in [2.05, 4.69) is 5.32 Å². The highest BCUT2D eigenvalue weighted by Gasteiger charge is 2.17. The number of phenols is 1. The van der Waals surface area contributed by atoms with Crippen molar-refractivity contribution in [1.29, 1.82) is 0 Å². The van der Waals surface area contributed by atoms with E-state index in [1.807, 2.05) is 27.7 Å². The van der Waals surface area contributed by atoms with E-state index in [1.165, 1.54) is 0 Å². The topological polar surface area (TPSA) is 49.3 Å². The van der Waals surface area contributed by atoms with Gasteiger partial charge in [0, 0.05) is 5.54 Å². The molecule has 2 N–H and O–H groups in total. The van der Waals surface area contributed by atoms with Crippen LogP contribution in [0.1, 0.15) is 36.7 Å². The first-order valence-electron chi connectivity index (χ1n) is 4.92. The number of carbonyl (C=O) groups excluding carboxylic acids is 1. The third-order valence-electron chi connectivity index (χ3n) is 1.89. The average Bonchev–Trinajstić information content (AvgIpc) is 1.99. The van der Waals surface area contributed by atoms with Gasteiger partial charge in [0.1, 0.15) is 5.75 Å². The van der Waals surface area contributed by atoms with E-state index in [-0.39, 0.29) is 17.2 Å². The van der Waals surface area contributed by atoms with E-state index >= 15 is 0 Å². The SMILES string of the molecule is Cc1ccc(C(=O)NC(C)(C)C)c(O)c1. The molecule has 1 aromatic carbocycles. The zero-order valence-corrected chi connectivity index (χ0v) is 9.59. The largest absolute Gasteiger partial charge is 0.507 e. The fourth-order valence-electron chi connectivity index (χ4n) is 1.24. The summed E-state index contributed by atoms with van der Waals surface area (Å²) in [6, 6.07) is 5.01. The van der Waals surface area contributed by atoms with Gasteiger partial charge in [0.15, 0.2) is 0 Å². The summed E-state index contributed by atoms with van der Waals surface area (Å²) < 4.78 is 0. The van der Waals surface area contributed by atoms with Gasteiger partial charge in [-0.15, -0.1) is 0 Å². The second-order valence-corrected chi connectivity index (χ2v) is 4.72. The standard InChI is InChI=1S/C12H17NO2/c1-8-5-6-9(10(14)7-8)11(15)13-12(2,3)4/h5-7,14H,1-4H3,(H,13,15). The third-order valence-corrected chi connectivity index (χ3v) is 1.89. The number of aryl methyl sites for hydroxylation is 1. The second-order valence-electron chi connectivity index (χ2n) is 4.72. The highest BCUT2D eigenvalue weighted by atomic mass is 16.3. The summed E-state index contributed by atoms with van der Waals surface area (Å²) in [6.45, 7) is 7.56. The molecule has 0 aliphatic carbocycles. The van der Waals surface area contributed by atoms with Gasteiger partial charge in [0.05, 0.1) is 5.56 Å². The van der Waals surface area contributed by atoms with Gasteiger partial charge < -0.3 is 10.4 Å². The fraction of sp³-hybridized carbons (Fsp3) is 0.417. The molecule has 0 spiro atoms. The molecular weight excluding hydrogens is 190 g/mol. The molecule has 0 fully saturated rings. The lowest BCUT2D eigenvalue weighted by Crippen LogP contribution is -2.40. The quantitative estimate of drug-likeness (QED) is 0.742. The van der Waals surface area contributed by atoms with Gasteiger partial charge in [-0.1, -0.05) is 6.07 Å². The Bertz CT molecular complexity index is 378. The maximum atomic E-state index is 11.7. The minimum absolute atomic E-state index is 0.0248. The van der Waals surface area contributed by atoms with E-state index in [9.17, 15) is 9.90 Å². The monoisotopic (exact) mass is 207 g/mol. The van der Waals surface area contributed by atoms with Gasteiger partial charge in [-0.05, 0) is 45.4 Å². The van der Waals surface area contributed by atoms with Crippen LogP contribution in [0.5, 0.6) is 5.75 Å². The molecule has 0 radical (unpaired) electrons. The molecule has 3 heteroatoms. The van der Waals surface area contributed by atoms with E-state index in [0.29, 0.717) is 5.56 Å². The van der Waals surface area contributed by atoms with Crippen LogP contribution in [-0.4, -0.2) is 16.6 Å². The lowest BCUT2D eigenvalue weighted by Gasteiger charge is -2.20. The van der Waals surface area contributed by atoms with Crippen molar-refractivity contribution in [3.63, 3.8) is 0 Å². The molecule has 0 saturated carbocycles. The maximum Gasteiger partial charge on any atom is 0.255 e. The normalized spacial score (nSPS) is 11.2. The summed E-state index contributed by atoms with van der Waals surface area (Å²) in [5.41, 5.74) is 0.948. The summed E-state index contributed by atoms with van der Waals surface area (Å²) in [4.78, 5) is 11.7. The summed E-state index contributed by atoms with van der Waals surface area (Å²) in [6.07, 6.45) is 0. The van der Waals surface area contributed by atoms with E-state index in [0.717, 1.165) is 5.56 Å². The van der Waals surface area contributed by atoms with Gasteiger partial charge in [0.2, 0.25) is 0 Å². The number of rotatable bonds is 1. The first kappa shape index (κ1) is 11.6. The zero-order chi connectivity index (χ0) is 11.6. The minimum atomic E-state index is -0.297. The van der Waals surface area contributed by atoms with Crippen molar-refractivity contribution >= 4 is 5.91 Å². The number of carbonyl (C=O) groups is 1. The summed E-state index contributed by atoms with van der Waals surface area (Å²) in [5, 5.41) is 12.4. The van der Waals surface area contributed by atoms with Crippen molar-refractivity contribution in [2.45, 2.75) is 33.2 Å². The zero-order valence-electron chi connectivity index (χ0n) is 9.59. The van der Waals surface area contributed by atoms with Crippen LogP contribution in [0, 0.1) is 6.92 Å². The van der Waals surface area contributed by atoms with Gasteiger partial charge in [0.25, 0.3) is 5.91 Å². The molecule has 15 heavy (non-hydrogen) atoms. The second kappa shape index (κ2) is 3.93. The third kappa shape index (κ3) is 3.27. The number of aromatic hydroxyl groups is 1. The Balaban J connectivity index is 2.92. The Morgan fingerprint density at radius 2 is 1.93 bits per heavy atom. The molecule has 0 saturated heterocycles. The van der Waals surface area contributed by atoms with Gasteiger partial charge >= 0.3 is 0 Å². The molecule has 1 rings (SSSR count). The predicted octanol–water partition coefficient (Wildman–Crippen LogP) is 2.23. The van der Waals surface area contributed by atoms with Crippen LogP contribution in [-0.2, 0) is 0 Å². The molecule has 0 aliphatic heterocycles. The van der Waals surface area contributed by atoms with Crippen LogP contribution in [0.3, 0.4) is 0 Å². The Morgan fingerprint density at radius 1 is 1.33 bits per heavy atom. The van der Waals surface area contributed by atoms with Crippen LogP contribution >= 0.6 is 0 Å². The number of hydrogen-bond acceptors (Lipinski definition) is 2. The highest BCUT2D eigenvalue weighted by Crippen LogP contribution is 2.18. The molecule has 0 atom stereocenters. The van der Waals surface area contributed by atoms with E-state index < -0.39 is 0 Å². The summed E-state index contributed by atoms with van der Waals surface area (Å²) in [5.74, 6) is -0.225. The fourth-order valence-corrected chi connectivity index (χ4v) is 1.24. The molecule has 0 bridgehead atoms. The molecule has 0 aromatic heterocycles. The van der Waals surface area contributed by atoms with Crippen molar-refractivity contribution in [1.82, 2.24) is 5.32 Å². The Hall–Kier alpha value is -1.51. The number of benzene rings is 1. The molecule has 1 amide bonds.